The molecule has 0 spiro atoms. The van der Waals surface area contributed by atoms with Crippen molar-refractivity contribution in [1.29, 1.82) is 0 Å². The maximum atomic E-state index is 9.99. The molecule has 0 aromatic heterocycles. The van der Waals surface area contributed by atoms with Gasteiger partial charge in [-0.1, -0.05) is 19.9 Å². The summed E-state index contributed by atoms with van der Waals surface area (Å²) in [6.07, 6.45) is 1.06. The standard InChI is InChI=1S/C15H25NO2/c1-5-14(16)15(17)9-11(3)13-7-6-12(18-4)8-10(13)2/h6-8,11,14-15,17H,5,9,16H2,1-4H3. The van der Waals surface area contributed by atoms with Crippen molar-refractivity contribution in [2.45, 2.75) is 51.7 Å². The van der Waals surface area contributed by atoms with Crippen molar-refractivity contribution in [2.75, 3.05) is 7.11 Å². The van der Waals surface area contributed by atoms with Crippen LogP contribution in [0.3, 0.4) is 0 Å². The molecule has 1 aromatic carbocycles. The van der Waals surface area contributed by atoms with Crippen molar-refractivity contribution in [3.05, 3.63) is 29.3 Å². The maximum Gasteiger partial charge on any atom is 0.119 e. The lowest BCUT2D eigenvalue weighted by atomic mass is 9.89. The quantitative estimate of drug-likeness (QED) is 0.817. The highest BCUT2D eigenvalue weighted by Gasteiger charge is 2.18. The van der Waals surface area contributed by atoms with Crippen LogP contribution in [0.25, 0.3) is 0 Å². The van der Waals surface area contributed by atoms with Crippen molar-refractivity contribution < 1.29 is 9.84 Å². The molecule has 0 aliphatic carbocycles. The largest absolute Gasteiger partial charge is 0.497 e. The summed E-state index contributed by atoms with van der Waals surface area (Å²) in [5.41, 5.74) is 8.30. The molecular formula is C15H25NO2. The number of rotatable bonds is 6. The summed E-state index contributed by atoms with van der Waals surface area (Å²) in [5, 5.41) is 9.99. The lowest BCUT2D eigenvalue weighted by Crippen LogP contribution is -2.34. The van der Waals surface area contributed by atoms with Crippen LogP contribution >= 0.6 is 0 Å². The fourth-order valence-corrected chi connectivity index (χ4v) is 2.26. The average Bonchev–Trinajstić information content (AvgIpc) is 2.37. The lowest BCUT2D eigenvalue weighted by molar-refractivity contribution is 0.126. The smallest absolute Gasteiger partial charge is 0.119 e. The number of methoxy groups -OCH3 is 1. The van der Waals surface area contributed by atoms with Gasteiger partial charge in [0.15, 0.2) is 0 Å². The minimum Gasteiger partial charge on any atom is -0.497 e. The van der Waals surface area contributed by atoms with Crippen molar-refractivity contribution in [3.63, 3.8) is 0 Å². The Hall–Kier alpha value is -1.06. The zero-order valence-corrected chi connectivity index (χ0v) is 11.8. The first-order chi connectivity index (χ1) is 8.49. The molecular weight excluding hydrogens is 226 g/mol. The van der Waals surface area contributed by atoms with Crippen LogP contribution in [-0.4, -0.2) is 24.4 Å². The average molecular weight is 251 g/mol. The summed E-state index contributed by atoms with van der Waals surface area (Å²) >= 11 is 0. The fraction of sp³-hybridized carbons (Fsp3) is 0.600. The molecule has 0 saturated heterocycles. The summed E-state index contributed by atoms with van der Waals surface area (Å²) in [5.74, 6) is 1.16. The van der Waals surface area contributed by atoms with Gasteiger partial charge in [-0.05, 0) is 48.9 Å². The molecule has 3 unspecified atom stereocenters. The number of aliphatic hydroxyl groups excluding tert-OH is 1. The normalized spacial score (nSPS) is 16.1. The van der Waals surface area contributed by atoms with Crippen LogP contribution in [0.15, 0.2) is 18.2 Å². The van der Waals surface area contributed by atoms with Crippen LogP contribution < -0.4 is 10.5 Å². The number of hydrogen-bond donors (Lipinski definition) is 2. The number of nitrogens with two attached hydrogens (primary N) is 1. The zero-order valence-electron chi connectivity index (χ0n) is 11.8. The molecule has 0 radical (unpaired) electrons. The molecule has 0 aliphatic rings. The van der Waals surface area contributed by atoms with Gasteiger partial charge in [0.2, 0.25) is 0 Å². The summed E-state index contributed by atoms with van der Waals surface area (Å²) in [6.45, 7) is 6.19. The van der Waals surface area contributed by atoms with Crippen LogP contribution in [0, 0.1) is 6.92 Å². The van der Waals surface area contributed by atoms with E-state index in [1.54, 1.807) is 7.11 Å². The van der Waals surface area contributed by atoms with E-state index in [2.05, 4.69) is 19.9 Å². The van der Waals surface area contributed by atoms with Crippen LogP contribution in [0.1, 0.15) is 43.7 Å². The second kappa shape index (κ2) is 6.76. The van der Waals surface area contributed by atoms with Crippen LogP contribution in [-0.2, 0) is 0 Å². The van der Waals surface area contributed by atoms with Crippen LogP contribution in [0.2, 0.25) is 0 Å². The van der Waals surface area contributed by atoms with Crippen LogP contribution in [0.5, 0.6) is 5.75 Å². The van der Waals surface area contributed by atoms with Crippen LogP contribution in [0.4, 0.5) is 0 Å². The number of aryl methyl sites for hydroxylation is 1. The Labute approximate surface area is 110 Å². The molecule has 102 valence electrons. The molecule has 1 rings (SSSR count). The fourth-order valence-electron chi connectivity index (χ4n) is 2.26. The van der Waals surface area contributed by atoms with Gasteiger partial charge in [-0.2, -0.15) is 0 Å². The predicted octanol–water partition coefficient (Wildman–Crippen LogP) is 2.60. The van der Waals surface area contributed by atoms with E-state index in [0.717, 1.165) is 12.2 Å². The van der Waals surface area contributed by atoms with E-state index in [1.165, 1.54) is 11.1 Å². The highest BCUT2D eigenvalue weighted by atomic mass is 16.5. The van der Waals surface area contributed by atoms with Crippen molar-refractivity contribution in [3.8, 4) is 5.75 Å². The molecule has 3 heteroatoms. The first kappa shape index (κ1) is 15.0. The van der Waals surface area contributed by atoms with Crippen molar-refractivity contribution in [2.24, 2.45) is 5.73 Å². The Morgan fingerprint density at radius 2 is 2.06 bits per heavy atom. The van der Waals surface area contributed by atoms with Gasteiger partial charge >= 0.3 is 0 Å². The van der Waals surface area contributed by atoms with Gasteiger partial charge in [0, 0.05) is 6.04 Å². The Morgan fingerprint density at radius 3 is 2.56 bits per heavy atom. The minimum atomic E-state index is -0.438. The summed E-state index contributed by atoms with van der Waals surface area (Å²) in [6, 6.07) is 5.93. The zero-order chi connectivity index (χ0) is 13.7. The third kappa shape index (κ3) is 3.72. The molecule has 18 heavy (non-hydrogen) atoms. The molecule has 3 atom stereocenters. The molecule has 3 N–H and O–H groups in total. The van der Waals surface area contributed by atoms with Crippen molar-refractivity contribution >= 4 is 0 Å². The molecule has 0 aliphatic heterocycles. The van der Waals surface area contributed by atoms with Gasteiger partial charge < -0.3 is 15.6 Å². The molecule has 3 nitrogen and oxygen atoms in total. The highest BCUT2D eigenvalue weighted by molar-refractivity contribution is 5.36. The summed E-state index contributed by atoms with van der Waals surface area (Å²) in [7, 11) is 1.67. The molecule has 0 fully saturated rings. The summed E-state index contributed by atoms with van der Waals surface area (Å²) < 4.78 is 5.20. The molecule has 0 saturated carbocycles. The molecule has 0 amide bonds. The van der Waals surface area contributed by atoms with E-state index < -0.39 is 6.10 Å². The van der Waals surface area contributed by atoms with Gasteiger partial charge in [-0.15, -0.1) is 0 Å². The van der Waals surface area contributed by atoms with Gasteiger partial charge in [-0.25, -0.2) is 0 Å². The monoisotopic (exact) mass is 251 g/mol. The Kier molecular flexibility index (Phi) is 5.63. The van der Waals surface area contributed by atoms with E-state index in [9.17, 15) is 5.11 Å². The Balaban J connectivity index is 2.75. The first-order valence-electron chi connectivity index (χ1n) is 6.57. The third-order valence-electron chi connectivity index (χ3n) is 3.57. The van der Waals surface area contributed by atoms with Gasteiger partial charge in [0.1, 0.15) is 5.75 Å². The van der Waals surface area contributed by atoms with E-state index in [1.807, 2.05) is 19.1 Å². The second-order valence-electron chi connectivity index (χ2n) is 5.00. The minimum absolute atomic E-state index is 0.133. The van der Waals surface area contributed by atoms with E-state index in [-0.39, 0.29) is 6.04 Å². The van der Waals surface area contributed by atoms with Crippen molar-refractivity contribution in [1.82, 2.24) is 0 Å². The van der Waals surface area contributed by atoms with Gasteiger partial charge in [0.05, 0.1) is 13.2 Å². The number of aliphatic hydroxyl groups is 1. The van der Waals surface area contributed by atoms with E-state index in [4.69, 9.17) is 10.5 Å². The predicted molar refractivity (Wildman–Crippen MR) is 75.0 cm³/mol. The summed E-state index contributed by atoms with van der Waals surface area (Å²) in [4.78, 5) is 0. The number of ether oxygens (including phenoxy) is 1. The topological polar surface area (TPSA) is 55.5 Å². The Bertz CT molecular complexity index is 379. The van der Waals surface area contributed by atoms with Gasteiger partial charge in [-0.3, -0.25) is 0 Å². The first-order valence-corrected chi connectivity index (χ1v) is 6.57. The SMILES string of the molecule is CCC(N)C(O)CC(C)c1ccc(OC)cc1C. The third-order valence-corrected chi connectivity index (χ3v) is 3.57. The number of hydrogen-bond acceptors (Lipinski definition) is 3. The highest BCUT2D eigenvalue weighted by Crippen LogP contribution is 2.27. The van der Waals surface area contributed by atoms with Gasteiger partial charge in [0.25, 0.3) is 0 Å². The second-order valence-corrected chi connectivity index (χ2v) is 5.00. The lowest BCUT2D eigenvalue weighted by Gasteiger charge is -2.22. The maximum absolute atomic E-state index is 9.99. The van der Waals surface area contributed by atoms with E-state index in [0.29, 0.717) is 12.3 Å². The molecule has 0 bridgehead atoms. The Morgan fingerprint density at radius 1 is 1.39 bits per heavy atom. The van der Waals surface area contributed by atoms with E-state index >= 15 is 0 Å². The number of benzene rings is 1. The molecule has 0 heterocycles. The molecule has 1 aromatic rings.